The minimum Gasteiger partial charge on any atom is -0.374 e. The van der Waals surface area contributed by atoms with Crippen molar-refractivity contribution in [2.24, 2.45) is 0 Å². The van der Waals surface area contributed by atoms with E-state index in [-0.39, 0.29) is 22.7 Å². The third-order valence-corrected chi connectivity index (χ3v) is 7.85. The Morgan fingerprint density at radius 2 is 1.33 bits per heavy atom. The summed E-state index contributed by atoms with van der Waals surface area (Å²) in [6.07, 6.45) is 1.45. The summed E-state index contributed by atoms with van der Waals surface area (Å²) in [6.45, 7) is 20.5. The predicted molar refractivity (Wildman–Crippen MR) is 124 cm³/mol. The van der Waals surface area contributed by atoms with Crippen LogP contribution in [0.25, 0.3) is 0 Å². The van der Waals surface area contributed by atoms with E-state index < -0.39 is 21.1 Å². The van der Waals surface area contributed by atoms with Crippen molar-refractivity contribution in [1.29, 1.82) is 0 Å². The number of hydrogen-bond acceptors (Lipinski definition) is 4. The fraction of sp³-hybridized carbons (Fsp3) is 0.750. The first-order chi connectivity index (χ1) is 13.5. The van der Waals surface area contributed by atoms with Gasteiger partial charge < -0.3 is 9.47 Å². The maximum Gasteiger partial charge on any atom is 0.244 e. The predicted octanol–water partition coefficient (Wildman–Crippen LogP) is 5.64. The molecule has 1 rings (SSSR count). The highest BCUT2D eigenvalue weighted by molar-refractivity contribution is 7.89. The largest absolute Gasteiger partial charge is 0.374 e. The minimum atomic E-state index is -3.80. The lowest BCUT2D eigenvalue weighted by Gasteiger charge is -2.49. The molecule has 0 N–H and O–H groups in total. The Bertz CT molecular complexity index is 766. The van der Waals surface area contributed by atoms with Crippen LogP contribution < -0.4 is 0 Å². The summed E-state index contributed by atoms with van der Waals surface area (Å²) in [5.41, 5.74) is -2.23. The molecule has 1 aromatic rings. The molecule has 0 heterocycles. The van der Waals surface area contributed by atoms with Crippen LogP contribution >= 0.6 is 0 Å². The second-order valence-electron chi connectivity index (χ2n) is 10.5. The monoisotopic (exact) mass is 441 g/mol. The number of rotatable bonds is 11. The van der Waals surface area contributed by atoms with Gasteiger partial charge in [-0.1, -0.05) is 32.0 Å². The molecule has 0 aromatic heterocycles. The highest BCUT2D eigenvalue weighted by atomic mass is 32.2. The third kappa shape index (κ3) is 7.04. The van der Waals surface area contributed by atoms with Crippen molar-refractivity contribution in [3.8, 4) is 0 Å². The Balaban J connectivity index is 3.51. The van der Waals surface area contributed by atoms with E-state index in [4.69, 9.17) is 9.47 Å². The molecular formula is C24H43NO4S. The minimum absolute atomic E-state index is 0.273. The van der Waals surface area contributed by atoms with Gasteiger partial charge in [0.05, 0.1) is 40.4 Å². The van der Waals surface area contributed by atoms with Crippen LogP contribution in [-0.4, -0.2) is 48.2 Å². The van der Waals surface area contributed by atoms with E-state index in [1.807, 2.05) is 68.4 Å². The smallest absolute Gasteiger partial charge is 0.244 e. The number of benzene rings is 1. The molecule has 0 aliphatic carbocycles. The summed E-state index contributed by atoms with van der Waals surface area (Å²) >= 11 is 0. The van der Waals surface area contributed by atoms with Gasteiger partial charge in [0, 0.05) is 0 Å². The van der Waals surface area contributed by atoms with Gasteiger partial charge in [-0.25, -0.2) is 8.42 Å². The molecule has 174 valence electrons. The van der Waals surface area contributed by atoms with Crippen LogP contribution in [0.4, 0.5) is 0 Å². The van der Waals surface area contributed by atoms with Gasteiger partial charge in [0.1, 0.15) is 0 Å². The average molecular weight is 442 g/mol. The molecule has 0 aliphatic rings. The highest BCUT2D eigenvalue weighted by Crippen LogP contribution is 2.37. The molecule has 0 bridgehead atoms. The van der Waals surface area contributed by atoms with E-state index in [1.165, 1.54) is 0 Å². The maximum absolute atomic E-state index is 13.9. The molecule has 1 unspecified atom stereocenters. The maximum atomic E-state index is 13.9. The van der Waals surface area contributed by atoms with Gasteiger partial charge in [0.15, 0.2) is 0 Å². The van der Waals surface area contributed by atoms with Crippen molar-refractivity contribution in [1.82, 2.24) is 4.31 Å². The number of nitrogens with zero attached hydrogens (tertiary/aromatic N) is 1. The van der Waals surface area contributed by atoms with Crippen molar-refractivity contribution in [3.05, 3.63) is 30.3 Å². The van der Waals surface area contributed by atoms with Crippen molar-refractivity contribution in [3.63, 3.8) is 0 Å². The molecule has 0 fully saturated rings. The normalized spacial score (nSPS) is 16.0. The van der Waals surface area contributed by atoms with E-state index in [1.54, 1.807) is 28.6 Å². The molecule has 0 amide bonds. The Morgan fingerprint density at radius 1 is 0.800 bits per heavy atom. The molecule has 1 atom stereocenters. The van der Waals surface area contributed by atoms with Crippen LogP contribution in [0.3, 0.4) is 0 Å². The molecule has 6 heteroatoms. The van der Waals surface area contributed by atoms with E-state index in [0.717, 1.165) is 6.42 Å². The second kappa shape index (κ2) is 9.68. The Kier molecular flexibility index (Phi) is 8.74. The topological polar surface area (TPSA) is 55.8 Å². The van der Waals surface area contributed by atoms with E-state index in [0.29, 0.717) is 13.0 Å². The standard InChI is InChI=1S/C24H43NO4S/c1-11-23(8,9)29-19-24(10,12-2)25(22(6,7)18-28-21(3,4)5)30(26,27)20-16-14-13-15-17-20/h13-17H,11-12,18-19H2,1-10H3. The summed E-state index contributed by atoms with van der Waals surface area (Å²) in [5, 5.41) is 0. The van der Waals surface area contributed by atoms with Crippen LogP contribution in [0, 0.1) is 0 Å². The summed E-state index contributed by atoms with van der Waals surface area (Å²) < 4.78 is 41.8. The van der Waals surface area contributed by atoms with E-state index in [9.17, 15) is 8.42 Å². The average Bonchev–Trinajstić information content (AvgIpc) is 2.65. The fourth-order valence-corrected chi connectivity index (χ4v) is 5.43. The third-order valence-electron chi connectivity index (χ3n) is 5.57. The zero-order valence-corrected chi connectivity index (χ0v) is 21.5. The van der Waals surface area contributed by atoms with Crippen LogP contribution in [0.5, 0.6) is 0 Å². The van der Waals surface area contributed by atoms with Gasteiger partial charge in [0.2, 0.25) is 10.0 Å². The molecule has 5 nitrogen and oxygen atoms in total. The van der Waals surface area contributed by atoms with Gasteiger partial charge >= 0.3 is 0 Å². The van der Waals surface area contributed by atoms with Gasteiger partial charge in [-0.3, -0.25) is 0 Å². The first-order valence-electron chi connectivity index (χ1n) is 10.9. The molecule has 0 saturated heterocycles. The lowest BCUT2D eigenvalue weighted by Crippen LogP contribution is -2.63. The van der Waals surface area contributed by atoms with Gasteiger partial charge in [-0.2, -0.15) is 4.31 Å². The Morgan fingerprint density at radius 3 is 1.77 bits per heavy atom. The number of hydrogen-bond donors (Lipinski definition) is 0. The van der Waals surface area contributed by atoms with Crippen molar-refractivity contribution in [2.75, 3.05) is 13.2 Å². The molecule has 0 spiro atoms. The molecule has 0 aliphatic heterocycles. The van der Waals surface area contributed by atoms with E-state index >= 15 is 0 Å². The highest BCUT2D eigenvalue weighted by Gasteiger charge is 2.49. The van der Waals surface area contributed by atoms with Crippen molar-refractivity contribution < 1.29 is 17.9 Å². The Hall–Kier alpha value is -0.950. The molecule has 0 saturated carbocycles. The first-order valence-corrected chi connectivity index (χ1v) is 12.3. The second-order valence-corrected chi connectivity index (χ2v) is 12.3. The van der Waals surface area contributed by atoms with E-state index in [2.05, 4.69) is 6.92 Å². The molecule has 0 radical (unpaired) electrons. The number of sulfonamides is 1. The van der Waals surface area contributed by atoms with Crippen LogP contribution in [0.15, 0.2) is 35.2 Å². The Labute approximate surface area is 185 Å². The summed E-state index contributed by atoms with van der Waals surface area (Å²) in [4.78, 5) is 0.281. The van der Waals surface area contributed by atoms with Crippen LogP contribution in [0.1, 0.15) is 82.1 Å². The summed E-state index contributed by atoms with van der Waals surface area (Å²) in [6, 6.07) is 8.63. The SMILES string of the molecule is CCC(C)(C)OCC(C)(CC)N(C(C)(C)COC(C)(C)C)S(=O)(=O)c1ccccc1. The quantitative estimate of drug-likeness (QED) is 0.445. The van der Waals surface area contributed by atoms with Crippen LogP contribution in [0.2, 0.25) is 0 Å². The van der Waals surface area contributed by atoms with Gasteiger partial charge in [-0.05, 0) is 80.4 Å². The zero-order chi connectivity index (χ0) is 23.4. The number of ether oxygens (including phenoxy) is 2. The summed E-state index contributed by atoms with van der Waals surface area (Å²) in [7, 11) is -3.80. The molecule has 1 aromatic carbocycles. The zero-order valence-electron chi connectivity index (χ0n) is 20.7. The van der Waals surface area contributed by atoms with Crippen molar-refractivity contribution in [2.45, 2.75) is 109 Å². The van der Waals surface area contributed by atoms with Crippen LogP contribution in [-0.2, 0) is 19.5 Å². The fourth-order valence-electron chi connectivity index (χ4n) is 3.25. The first kappa shape index (κ1) is 27.1. The van der Waals surface area contributed by atoms with Crippen molar-refractivity contribution >= 4 is 10.0 Å². The van der Waals surface area contributed by atoms with Gasteiger partial charge in [0.25, 0.3) is 0 Å². The lowest BCUT2D eigenvalue weighted by molar-refractivity contribution is -0.0987. The lowest BCUT2D eigenvalue weighted by atomic mass is 9.93. The molecule has 30 heavy (non-hydrogen) atoms. The molecular weight excluding hydrogens is 398 g/mol. The summed E-state index contributed by atoms with van der Waals surface area (Å²) in [5.74, 6) is 0. The van der Waals surface area contributed by atoms with Gasteiger partial charge in [-0.15, -0.1) is 0 Å².